The van der Waals surface area contributed by atoms with Crippen LogP contribution in [0.2, 0.25) is 0 Å². The molecule has 0 aliphatic heterocycles. The minimum absolute atomic E-state index is 0.0556. The smallest absolute Gasteiger partial charge is 0.335 e. The molecule has 0 atom stereocenters. The summed E-state index contributed by atoms with van der Waals surface area (Å²) in [5.74, 6) is -1.32. The number of para-hydroxylation sites is 1. The van der Waals surface area contributed by atoms with E-state index in [2.05, 4.69) is 26.3 Å². The minimum atomic E-state index is -1.09. The minimum Gasteiger partial charge on any atom is -0.478 e. The molecule has 0 saturated heterocycles. The number of carboxylic acid groups (broad SMARTS) is 1. The first kappa shape index (κ1) is 21.3. The van der Waals surface area contributed by atoms with E-state index >= 15 is 0 Å². The Labute approximate surface area is 178 Å². The highest BCUT2D eigenvalue weighted by molar-refractivity contribution is 6.09. The van der Waals surface area contributed by atoms with Gasteiger partial charge >= 0.3 is 12.0 Å². The molecule has 9 heteroatoms. The number of carbonyl (C=O) groups is 3. The van der Waals surface area contributed by atoms with Crippen LogP contribution in [0.25, 0.3) is 0 Å². The van der Waals surface area contributed by atoms with Crippen molar-refractivity contribution in [3.63, 3.8) is 0 Å². The fraction of sp³-hybridized carbons (Fsp3) is 0.0909. The van der Waals surface area contributed by atoms with Crippen LogP contribution in [0.5, 0.6) is 0 Å². The number of nitrogens with zero attached hydrogens (tertiary/aromatic N) is 1. The van der Waals surface area contributed by atoms with Gasteiger partial charge < -0.3 is 21.1 Å². The number of carboxylic acids is 1. The number of benzene rings is 2. The van der Waals surface area contributed by atoms with Crippen molar-refractivity contribution in [2.45, 2.75) is 6.92 Å². The van der Waals surface area contributed by atoms with Gasteiger partial charge in [-0.25, -0.2) is 14.6 Å². The maximum Gasteiger partial charge on any atom is 0.335 e. The maximum absolute atomic E-state index is 12.9. The summed E-state index contributed by atoms with van der Waals surface area (Å²) in [6.45, 7) is 2.25. The van der Waals surface area contributed by atoms with Crippen molar-refractivity contribution in [2.24, 2.45) is 0 Å². The fourth-order valence-corrected chi connectivity index (χ4v) is 2.73. The molecular weight excluding hydrogens is 398 g/mol. The van der Waals surface area contributed by atoms with Crippen LogP contribution in [0, 0.1) is 0 Å². The second kappa shape index (κ2) is 9.88. The summed E-state index contributed by atoms with van der Waals surface area (Å²) in [7, 11) is 0. The van der Waals surface area contributed by atoms with Crippen molar-refractivity contribution in [1.29, 1.82) is 0 Å². The molecule has 3 rings (SSSR count). The number of aromatic nitrogens is 1. The molecule has 0 fully saturated rings. The number of urea groups is 1. The van der Waals surface area contributed by atoms with Gasteiger partial charge in [-0.1, -0.05) is 24.3 Å². The van der Waals surface area contributed by atoms with Crippen LogP contribution < -0.4 is 21.3 Å². The number of carbonyl (C=O) groups excluding carboxylic acids is 2. The molecular formula is C22H21N5O4. The molecule has 0 unspecified atom stereocenters. The predicted octanol–water partition coefficient (Wildman–Crippen LogP) is 3.92. The molecule has 1 aromatic heterocycles. The number of hydrogen-bond donors (Lipinski definition) is 5. The Morgan fingerprint density at radius 1 is 0.935 bits per heavy atom. The van der Waals surface area contributed by atoms with Crippen LogP contribution in [0.15, 0.2) is 66.9 Å². The summed E-state index contributed by atoms with van der Waals surface area (Å²) in [5.41, 5.74) is 1.76. The second-order valence-corrected chi connectivity index (χ2v) is 6.43. The number of amides is 3. The number of nitrogens with one attached hydrogen (secondary N) is 4. The second-order valence-electron chi connectivity index (χ2n) is 6.43. The molecule has 0 radical (unpaired) electrons. The first-order valence-electron chi connectivity index (χ1n) is 9.48. The molecule has 0 aliphatic rings. The highest BCUT2D eigenvalue weighted by Crippen LogP contribution is 2.24. The largest absolute Gasteiger partial charge is 0.478 e. The van der Waals surface area contributed by atoms with E-state index in [1.807, 2.05) is 30.3 Å². The molecule has 158 valence electrons. The van der Waals surface area contributed by atoms with Gasteiger partial charge in [-0.3, -0.25) is 10.1 Å². The Morgan fingerprint density at radius 3 is 2.39 bits per heavy atom. The number of aromatic carboxylic acids is 1. The normalized spacial score (nSPS) is 10.1. The summed E-state index contributed by atoms with van der Waals surface area (Å²) < 4.78 is 0. The van der Waals surface area contributed by atoms with Crippen LogP contribution in [0.4, 0.5) is 27.7 Å². The van der Waals surface area contributed by atoms with E-state index in [9.17, 15) is 14.4 Å². The highest BCUT2D eigenvalue weighted by Gasteiger charge is 2.16. The lowest BCUT2D eigenvalue weighted by Crippen LogP contribution is -2.28. The molecule has 1 heterocycles. The van der Waals surface area contributed by atoms with Gasteiger partial charge in [-0.15, -0.1) is 0 Å². The average Bonchev–Trinajstić information content (AvgIpc) is 2.75. The first-order valence-corrected chi connectivity index (χ1v) is 9.48. The van der Waals surface area contributed by atoms with Gasteiger partial charge in [0.05, 0.1) is 16.8 Å². The van der Waals surface area contributed by atoms with Crippen LogP contribution in [0.1, 0.15) is 27.6 Å². The van der Waals surface area contributed by atoms with Gasteiger partial charge in [0.1, 0.15) is 5.82 Å². The summed E-state index contributed by atoms with van der Waals surface area (Å²) in [5, 5.41) is 20.2. The van der Waals surface area contributed by atoms with Crippen molar-refractivity contribution in [2.75, 3.05) is 22.5 Å². The fourth-order valence-electron chi connectivity index (χ4n) is 2.73. The van der Waals surface area contributed by atoms with Crippen LogP contribution in [-0.2, 0) is 0 Å². The Hall–Kier alpha value is -4.40. The highest BCUT2D eigenvalue weighted by atomic mass is 16.4. The topological polar surface area (TPSA) is 132 Å². The standard InChI is InChI=1S/C22H21N5O4/c1-2-23-22(31)27-19-12-18(25-15-8-4-3-5-9-15)17(13-24-19)20(28)26-16-10-6-7-14(11-16)21(29)30/h3-13H,2H2,1H3,(H,26,28)(H,29,30)(H3,23,24,25,27,31). The third kappa shape index (κ3) is 5.80. The lowest BCUT2D eigenvalue weighted by atomic mass is 10.1. The van der Waals surface area contributed by atoms with E-state index in [4.69, 9.17) is 5.11 Å². The number of anilines is 4. The zero-order valence-corrected chi connectivity index (χ0v) is 16.7. The monoisotopic (exact) mass is 419 g/mol. The SMILES string of the molecule is CCNC(=O)Nc1cc(Nc2ccccc2)c(C(=O)Nc2cccc(C(=O)O)c2)cn1. The molecule has 0 bridgehead atoms. The van der Waals surface area contributed by atoms with E-state index in [-0.39, 0.29) is 16.9 Å². The first-order chi connectivity index (χ1) is 15.0. The van der Waals surface area contributed by atoms with Crippen molar-refractivity contribution in [1.82, 2.24) is 10.3 Å². The van der Waals surface area contributed by atoms with E-state index in [1.165, 1.54) is 18.3 Å². The molecule has 0 spiro atoms. The lowest BCUT2D eigenvalue weighted by Gasteiger charge is -2.14. The zero-order chi connectivity index (χ0) is 22.2. The van der Waals surface area contributed by atoms with E-state index in [0.717, 1.165) is 5.69 Å². The Balaban J connectivity index is 1.89. The predicted molar refractivity (Wildman–Crippen MR) is 118 cm³/mol. The lowest BCUT2D eigenvalue weighted by molar-refractivity contribution is 0.0696. The molecule has 2 aromatic carbocycles. The number of hydrogen-bond acceptors (Lipinski definition) is 5. The third-order valence-corrected chi connectivity index (χ3v) is 4.15. The summed E-state index contributed by atoms with van der Waals surface area (Å²) >= 11 is 0. The van der Waals surface area contributed by atoms with Crippen LogP contribution in [0.3, 0.4) is 0 Å². The summed E-state index contributed by atoms with van der Waals surface area (Å²) in [6.07, 6.45) is 1.34. The molecule has 3 aromatic rings. The van der Waals surface area contributed by atoms with Gasteiger partial charge in [-0.2, -0.15) is 0 Å². The van der Waals surface area contributed by atoms with Crippen molar-refractivity contribution >= 4 is 40.8 Å². The van der Waals surface area contributed by atoms with Gasteiger partial charge in [0, 0.05) is 30.2 Å². The van der Waals surface area contributed by atoms with Crippen molar-refractivity contribution in [3.05, 3.63) is 78.0 Å². The Bertz CT molecular complexity index is 1100. The maximum atomic E-state index is 12.9. The molecule has 9 nitrogen and oxygen atoms in total. The van der Waals surface area contributed by atoms with Crippen LogP contribution >= 0.6 is 0 Å². The van der Waals surface area contributed by atoms with E-state index in [0.29, 0.717) is 17.9 Å². The molecule has 5 N–H and O–H groups in total. The quantitative estimate of drug-likeness (QED) is 0.394. The molecule has 0 saturated carbocycles. The summed E-state index contributed by atoms with van der Waals surface area (Å²) in [6, 6.07) is 16.3. The van der Waals surface area contributed by atoms with Gasteiger partial charge in [0.25, 0.3) is 5.91 Å². The van der Waals surface area contributed by atoms with E-state index in [1.54, 1.807) is 25.1 Å². The van der Waals surface area contributed by atoms with Gasteiger partial charge in [-0.05, 0) is 37.3 Å². The Kier molecular flexibility index (Phi) is 6.79. The molecule has 0 aliphatic carbocycles. The molecule has 31 heavy (non-hydrogen) atoms. The van der Waals surface area contributed by atoms with Gasteiger partial charge in [0.2, 0.25) is 0 Å². The third-order valence-electron chi connectivity index (χ3n) is 4.15. The number of rotatable bonds is 7. The average molecular weight is 419 g/mol. The van der Waals surface area contributed by atoms with Gasteiger partial charge in [0.15, 0.2) is 0 Å². The summed E-state index contributed by atoms with van der Waals surface area (Å²) in [4.78, 5) is 40.0. The van der Waals surface area contributed by atoms with E-state index < -0.39 is 17.9 Å². The number of pyridine rings is 1. The van der Waals surface area contributed by atoms with Crippen molar-refractivity contribution < 1.29 is 19.5 Å². The zero-order valence-electron chi connectivity index (χ0n) is 16.7. The van der Waals surface area contributed by atoms with Crippen LogP contribution in [-0.4, -0.2) is 34.5 Å². The molecule has 3 amide bonds. The van der Waals surface area contributed by atoms with Crippen molar-refractivity contribution in [3.8, 4) is 0 Å². The Morgan fingerprint density at radius 2 is 1.68 bits per heavy atom.